The molecule has 0 aliphatic rings. The van der Waals surface area contributed by atoms with E-state index < -0.39 is 0 Å². The highest BCUT2D eigenvalue weighted by Gasteiger charge is 2.11. The predicted molar refractivity (Wildman–Crippen MR) is 82.5 cm³/mol. The zero-order valence-electron chi connectivity index (χ0n) is 11.9. The van der Waals surface area contributed by atoms with E-state index in [4.69, 9.17) is 0 Å². The zero-order chi connectivity index (χ0) is 15.5. The molecule has 1 aromatic heterocycles. The summed E-state index contributed by atoms with van der Waals surface area (Å²) < 4.78 is 1.80. The first-order valence-electron chi connectivity index (χ1n) is 6.69. The molecule has 0 saturated carbocycles. The number of carbonyl (C=O) groups is 1. The van der Waals surface area contributed by atoms with Crippen molar-refractivity contribution in [2.75, 3.05) is 5.32 Å². The molecule has 1 amide bonds. The predicted octanol–water partition coefficient (Wildman–Crippen LogP) is 2.44. The van der Waals surface area contributed by atoms with E-state index in [0.29, 0.717) is 11.5 Å². The van der Waals surface area contributed by atoms with Gasteiger partial charge in [-0.2, -0.15) is 0 Å². The monoisotopic (exact) mass is 294 g/mol. The summed E-state index contributed by atoms with van der Waals surface area (Å²) in [4.78, 5) is 12.2. The fourth-order valence-corrected chi connectivity index (χ4v) is 2.14. The first-order chi connectivity index (χ1) is 10.6. The molecule has 0 aliphatic heterocycles. The van der Waals surface area contributed by atoms with Crippen molar-refractivity contribution in [3.63, 3.8) is 0 Å². The Morgan fingerprint density at radius 1 is 1.18 bits per heavy atom. The van der Waals surface area contributed by atoms with E-state index in [1.807, 2.05) is 25.2 Å². The number of phenolic OH excluding ortho intramolecular Hbond substituents is 1. The van der Waals surface area contributed by atoms with Crippen molar-refractivity contribution in [2.45, 2.75) is 0 Å². The van der Waals surface area contributed by atoms with Gasteiger partial charge in [0.15, 0.2) is 5.82 Å². The van der Waals surface area contributed by atoms with E-state index >= 15 is 0 Å². The molecule has 0 saturated heterocycles. The number of phenols is 1. The molecule has 3 rings (SSSR count). The van der Waals surface area contributed by atoms with Crippen molar-refractivity contribution in [2.24, 2.45) is 7.05 Å². The molecule has 0 bridgehead atoms. The Hall–Kier alpha value is -3.15. The molecule has 0 radical (unpaired) electrons. The number of nitrogens with one attached hydrogen (secondary N) is 1. The van der Waals surface area contributed by atoms with E-state index in [1.54, 1.807) is 35.2 Å². The van der Waals surface area contributed by atoms with Crippen molar-refractivity contribution in [3.05, 3.63) is 60.4 Å². The zero-order valence-corrected chi connectivity index (χ0v) is 11.9. The largest absolute Gasteiger partial charge is 0.507 e. The second-order valence-corrected chi connectivity index (χ2v) is 4.82. The highest BCUT2D eigenvalue weighted by molar-refractivity contribution is 6.06. The summed E-state index contributed by atoms with van der Waals surface area (Å²) in [6.07, 6.45) is 1.61. The minimum atomic E-state index is -0.367. The third-order valence-corrected chi connectivity index (χ3v) is 3.24. The molecule has 6 nitrogen and oxygen atoms in total. The molecule has 0 atom stereocenters. The Morgan fingerprint density at radius 2 is 2.00 bits per heavy atom. The van der Waals surface area contributed by atoms with Crippen molar-refractivity contribution in [1.82, 2.24) is 14.8 Å². The van der Waals surface area contributed by atoms with Crippen molar-refractivity contribution in [3.8, 4) is 17.1 Å². The highest BCUT2D eigenvalue weighted by Crippen LogP contribution is 2.22. The van der Waals surface area contributed by atoms with Crippen LogP contribution in [0.2, 0.25) is 0 Å². The third-order valence-electron chi connectivity index (χ3n) is 3.24. The average molecular weight is 294 g/mol. The molecular formula is C16H14N4O2. The number of rotatable bonds is 3. The lowest BCUT2D eigenvalue weighted by Crippen LogP contribution is -2.12. The normalized spacial score (nSPS) is 10.4. The minimum absolute atomic E-state index is 0.0514. The van der Waals surface area contributed by atoms with Gasteiger partial charge in [-0.3, -0.25) is 4.79 Å². The highest BCUT2D eigenvalue weighted by atomic mass is 16.3. The van der Waals surface area contributed by atoms with E-state index in [1.165, 1.54) is 6.07 Å². The van der Waals surface area contributed by atoms with Gasteiger partial charge in [0.2, 0.25) is 0 Å². The first kappa shape index (κ1) is 13.8. The Balaban J connectivity index is 1.86. The number of carbonyl (C=O) groups excluding carboxylic acids is 1. The second-order valence-electron chi connectivity index (χ2n) is 4.82. The van der Waals surface area contributed by atoms with Crippen LogP contribution in [0.5, 0.6) is 5.75 Å². The number of aromatic hydroxyl groups is 1. The van der Waals surface area contributed by atoms with Crippen LogP contribution in [0, 0.1) is 0 Å². The molecule has 3 aromatic rings. The van der Waals surface area contributed by atoms with Crippen LogP contribution < -0.4 is 5.32 Å². The van der Waals surface area contributed by atoms with E-state index in [9.17, 15) is 9.90 Å². The number of amides is 1. The van der Waals surface area contributed by atoms with Crippen molar-refractivity contribution >= 4 is 11.6 Å². The summed E-state index contributed by atoms with van der Waals surface area (Å²) in [5.41, 5.74) is 1.69. The first-order valence-corrected chi connectivity index (χ1v) is 6.69. The number of hydrogen-bond acceptors (Lipinski definition) is 4. The number of aromatic nitrogens is 3. The van der Waals surface area contributed by atoms with Crippen LogP contribution in [0.3, 0.4) is 0 Å². The molecule has 0 spiro atoms. The topological polar surface area (TPSA) is 80.0 Å². The number of hydrogen-bond donors (Lipinski definition) is 2. The second kappa shape index (κ2) is 5.69. The van der Waals surface area contributed by atoms with Crippen LogP contribution in [0.15, 0.2) is 54.9 Å². The number of benzene rings is 2. The summed E-state index contributed by atoms with van der Waals surface area (Å²) in [7, 11) is 1.85. The van der Waals surface area contributed by atoms with Gasteiger partial charge in [0.05, 0.1) is 5.56 Å². The Bertz CT molecular complexity index is 826. The van der Waals surface area contributed by atoms with Crippen LogP contribution in [0.1, 0.15) is 10.4 Å². The van der Waals surface area contributed by atoms with Crippen molar-refractivity contribution < 1.29 is 9.90 Å². The Kier molecular flexibility index (Phi) is 3.57. The molecule has 6 heteroatoms. The van der Waals surface area contributed by atoms with Gasteiger partial charge in [-0.1, -0.05) is 24.3 Å². The maximum Gasteiger partial charge on any atom is 0.259 e. The smallest absolute Gasteiger partial charge is 0.259 e. The molecule has 0 unspecified atom stereocenters. The van der Waals surface area contributed by atoms with Crippen LogP contribution in [-0.2, 0) is 7.05 Å². The summed E-state index contributed by atoms with van der Waals surface area (Å²) in [5, 5.41) is 20.4. The lowest BCUT2D eigenvalue weighted by atomic mass is 10.1. The fraction of sp³-hybridized carbons (Fsp3) is 0.0625. The average Bonchev–Trinajstić information content (AvgIpc) is 2.94. The van der Waals surface area contributed by atoms with Gasteiger partial charge in [0.1, 0.15) is 12.1 Å². The molecule has 0 fully saturated rings. The minimum Gasteiger partial charge on any atom is -0.507 e. The standard InChI is InChI=1S/C16H14N4O2/c1-20-10-17-19-15(20)11-5-4-6-12(9-11)18-16(22)13-7-2-3-8-14(13)21/h2-10,21H,1H3,(H,18,22). The van der Waals surface area contributed by atoms with Gasteiger partial charge in [-0.15, -0.1) is 10.2 Å². The summed E-state index contributed by atoms with van der Waals surface area (Å²) >= 11 is 0. The summed E-state index contributed by atoms with van der Waals surface area (Å²) in [6.45, 7) is 0. The Morgan fingerprint density at radius 3 is 2.73 bits per heavy atom. The van der Waals surface area contributed by atoms with Gasteiger partial charge in [0, 0.05) is 18.3 Å². The van der Waals surface area contributed by atoms with E-state index in [-0.39, 0.29) is 17.2 Å². The quantitative estimate of drug-likeness (QED) is 0.777. The van der Waals surface area contributed by atoms with Crippen LogP contribution >= 0.6 is 0 Å². The Labute approximate surface area is 127 Å². The SMILES string of the molecule is Cn1cnnc1-c1cccc(NC(=O)c2ccccc2O)c1. The molecule has 1 heterocycles. The third kappa shape index (κ3) is 2.67. The molecule has 22 heavy (non-hydrogen) atoms. The molecular weight excluding hydrogens is 280 g/mol. The number of para-hydroxylation sites is 1. The lowest BCUT2D eigenvalue weighted by molar-refractivity contribution is 0.102. The summed E-state index contributed by atoms with van der Waals surface area (Å²) in [6, 6.07) is 13.7. The van der Waals surface area contributed by atoms with Crippen LogP contribution in [0.4, 0.5) is 5.69 Å². The molecule has 0 aliphatic carbocycles. The number of anilines is 1. The lowest BCUT2D eigenvalue weighted by Gasteiger charge is -2.08. The van der Waals surface area contributed by atoms with E-state index in [0.717, 1.165) is 5.56 Å². The number of nitrogens with zero attached hydrogens (tertiary/aromatic N) is 3. The maximum absolute atomic E-state index is 12.2. The fourth-order valence-electron chi connectivity index (χ4n) is 2.14. The molecule has 110 valence electrons. The van der Waals surface area contributed by atoms with Gasteiger partial charge >= 0.3 is 0 Å². The maximum atomic E-state index is 12.2. The van der Waals surface area contributed by atoms with Crippen LogP contribution in [0.25, 0.3) is 11.4 Å². The molecule has 2 N–H and O–H groups in total. The van der Waals surface area contributed by atoms with Gasteiger partial charge in [0.25, 0.3) is 5.91 Å². The van der Waals surface area contributed by atoms with E-state index in [2.05, 4.69) is 15.5 Å². The molecule has 2 aromatic carbocycles. The van der Waals surface area contributed by atoms with Crippen molar-refractivity contribution in [1.29, 1.82) is 0 Å². The van der Waals surface area contributed by atoms with Crippen LogP contribution in [-0.4, -0.2) is 25.8 Å². The van der Waals surface area contributed by atoms with Gasteiger partial charge in [-0.05, 0) is 24.3 Å². The van der Waals surface area contributed by atoms with Gasteiger partial charge < -0.3 is 15.0 Å². The summed E-state index contributed by atoms with van der Waals surface area (Å²) in [5.74, 6) is 0.288. The van der Waals surface area contributed by atoms with Gasteiger partial charge in [-0.25, -0.2) is 0 Å². The number of aryl methyl sites for hydroxylation is 1.